The van der Waals surface area contributed by atoms with Gasteiger partial charge in [0.1, 0.15) is 5.69 Å². The Morgan fingerprint density at radius 2 is 2.10 bits per heavy atom. The first-order valence-corrected chi connectivity index (χ1v) is 7.13. The van der Waals surface area contributed by atoms with Gasteiger partial charge in [-0.05, 0) is 26.6 Å². The number of hydrogen-bond acceptors (Lipinski definition) is 5. The summed E-state index contributed by atoms with van der Waals surface area (Å²) in [5, 5.41) is 5.97. The summed E-state index contributed by atoms with van der Waals surface area (Å²) in [6, 6.07) is 1.63. The van der Waals surface area contributed by atoms with Gasteiger partial charge in [0, 0.05) is 25.8 Å². The normalized spacial score (nSPS) is 10.6. The second-order valence-corrected chi connectivity index (χ2v) is 4.96. The number of carbonyl (C=O) groups excluding carboxylic acids is 1. The fraction of sp³-hybridized carbons (Fsp3) is 0.643. The fourth-order valence-electron chi connectivity index (χ4n) is 1.63. The van der Waals surface area contributed by atoms with Crippen LogP contribution in [-0.4, -0.2) is 54.5 Å². The molecule has 0 aromatic carbocycles. The van der Waals surface area contributed by atoms with Gasteiger partial charge in [-0.25, -0.2) is 9.97 Å². The molecule has 0 aliphatic rings. The highest BCUT2D eigenvalue weighted by Gasteiger charge is 2.07. The van der Waals surface area contributed by atoms with Crippen molar-refractivity contribution in [2.24, 2.45) is 0 Å². The minimum absolute atomic E-state index is 0.140. The zero-order valence-corrected chi connectivity index (χ0v) is 12.6. The predicted molar refractivity (Wildman–Crippen MR) is 80.9 cm³/mol. The third-order valence-corrected chi connectivity index (χ3v) is 2.80. The maximum Gasteiger partial charge on any atom is 0.270 e. The number of carbonyl (C=O) groups is 1. The van der Waals surface area contributed by atoms with Crippen LogP contribution < -0.4 is 10.6 Å². The van der Waals surface area contributed by atoms with E-state index >= 15 is 0 Å². The van der Waals surface area contributed by atoms with Crippen molar-refractivity contribution in [3.8, 4) is 0 Å². The lowest BCUT2D eigenvalue weighted by Crippen LogP contribution is -2.26. The van der Waals surface area contributed by atoms with Gasteiger partial charge in [-0.3, -0.25) is 4.79 Å². The molecule has 1 heterocycles. The van der Waals surface area contributed by atoms with Gasteiger partial charge in [0.15, 0.2) is 0 Å². The molecule has 2 N–H and O–H groups in total. The Balaban J connectivity index is 2.43. The summed E-state index contributed by atoms with van der Waals surface area (Å²) in [6.07, 6.45) is 4.87. The number of nitrogens with zero attached hydrogens (tertiary/aromatic N) is 3. The van der Waals surface area contributed by atoms with Gasteiger partial charge < -0.3 is 15.5 Å². The number of anilines is 1. The largest absolute Gasteiger partial charge is 0.353 e. The van der Waals surface area contributed by atoms with Crippen LogP contribution in [0.3, 0.4) is 0 Å². The highest BCUT2D eigenvalue weighted by atomic mass is 16.1. The van der Waals surface area contributed by atoms with Gasteiger partial charge in [-0.1, -0.05) is 19.8 Å². The highest BCUT2D eigenvalue weighted by Crippen LogP contribution is 2.00. The lowest BCUT2D eigenvalue weighted by Gasteiger charge is -2.10. The first kappa shape index (κ1) is 16.4. The van der Waals surface area contributed by atoms with E-state index < -0.39 is 0 Å². The molecule has 1 amide bonds. The fourth-order valence-corrected chi connectivity index (χ4v) is 1.63. The molecule has 0 atom stereocenters. The monoisotopic (exact) mass is 279 g/mol. The molecule has 0 unspecified atom stereocenters. The van der Waals surface area contributed by atoms with Crippen molar-refractivity contribution in [2.75, 3.05) is 39.0 Å². The first-order chi connectivity index (χ1) is 9.63. The van der Waals surface area contributed by atoms with E-state index in [9.17, 15) is 4.79 Å². The predicted octanol–water partition coefficient (Wildman–Crippen LogP) is 1.37. The van der Waals surface area contributed by atoms with E-state index in [1.54, 1.807) is 12.3 Å². The van der Waals surface area contributed by atoms with E-state index in [0.29, 0.717) is 18.2 Å². The molecule has 6 heteroatoms. The third kappa shape index (κ3) is 6.47. The molecule has 6 nitrogen and oxygen atoms in total. The molecule has 0 fully saturated rings. The molecule has 1 aromatic rings. The summed E-state index contributed by atoms with van der Waals surface area (Å²) in [4.78, 5) is 22.3. The quantitative estimate of drug-likeness (QED) is 0.668. The Morgan fingerprint density at radius 3 is 2.80 bits per heavy atom. The molecule has 0 radical (unpaired) electrons. The molecule has 1 aromatic heterocycles. The smallest absolute Gasteiger partial charge is 0.270 e. The van der Waals surface area contributed by atoms with Crippen LogP contribution in [0, 0.1) is 0 Å². The van der Waals surface area contributed by atoms with Crippen LogP contribution in [0.4, 0.5) is 5.95 Å². The maximum absolute atomic E-state index is 11.9. The van der Waals surface area contributed by atoms with Crippen molar-refractivity contribution < 1.29 is 4.79 Å². The number of amides is 1. The second kappa shape index (κ2) is 9.25. The van der Waals surface area contributed by atoms with Gasteiger partial charge in [-0.15, -0.1) is 0 Å². The number of nitrogens with one attached hydrogen (secondary N) is 2. The van der Waals surface area contributed by atoms with E-state index in [1.807, 2.05) is 14.1 Å². The topological polar surface area (TPSA) is 70.2 Å². The molecule has 0 aliphatic heterocycles. The molecule has 112 valence electrons. The van der Waals surface area contributed by atoms with Crippen molar-refractivity contribution in [3.05, 3.63) is 18.0 Å². The number of rotatable bonds is 9. The van der Waals surface area contributed by atoms with Crippen LogP contribution in [0.1, 0.15) is 36.7 Å². The van der Waals surface area contributed by atoms with Crippen molar-refractivity contribution in [2.45, 2.75) is 26.2 Å². The maximum atomic E-state index is 11.9. The molecule has 0 saturated heterocycles. The van der Waals surface area contributed by atoms with E-state index in [2.05, 4.69) is 32.4 Å². The van der Waals surface area contributed by atoms with Crippen molar-refractivity contribution in [1.82, 2.24) is 20.2 Å². The Labute approximate surface area is 121 Å². The summed E-state index contributed by atoms with van der Waals surface area (Å²) in [6.45, 7) is 4.46. The Morgan fingerprint density at radius 1 is 1.30 bits per heavy atom. The van der Waals surface area contributed by atoms with Gasteiger partial charge in [0.2, 0.25) is 5.95 Å². The molecule has 20 heavy (non-hydrogen) atoms. The van der Waals surface area contributed by atoms with Crippen LogP contribution >= 0.6 is 0 Å². The van der Waals surface area contributed by atoms with Crippen molar-refractivity contribution in [1.29, 1.82) is 0 Å². The van der Waals surface area contributed by atoms with Crippen LogP contribution in [0.25, 0.3) is 0 Å². The van der Waals surface area contributed by atoms with E-state index in [1.165, 1.54) is 0 Å². The Kier molecular flexibility index (Phi) is 7.57. The van der Waals surface area contributed by atoms with Gasteiger partial charge in [-0.2, -0.15) is 0 Å². The Bertz CT molecular complexity index is 408. The van der Waals surface area contributed by atoms with Gasteiger partial charge in [0.05, 0.1) is 0 Å². The average Bonchev–Trinajstić information content (AvgIpc) is 2.43. The number of hydrogen-bond donors (Lipinski definition) is 2. The summed E-state index contributed by atoms with van der Waals surface area (Å²) < 4.78 is 0. The summed E-state index contributed by atoms with van der Waals surface area (Å²) in [7, 11) is 4.01. The first-order valence-electron chi connectivity index (χ1n) is 7.13. The molecule has 0 bridgehead atoms. The molecule has 0 saturated carbocycles. The van der Waals surface area contributed by atoms with E-state index in [0.717, 1.165) is 32.4 Å². The highest BCUT2D eigenvalue weighted by molar-refractivity contribution is 5.92. The zero-order chi connectivity index (χ0) is 14.8. The van der Waals surface area contributed by atoms with Crippen LogP contribution in [0.15, 0.2) is 12.3 Å². The molecular formula is C14H25N5O. The van der Waals surface area contributed by atoms with Gasteiger partial charge in [0.25, 0.3) is 5.91 Å². The van der Waals surface area contributed by atoms with Crippen LogP contribution in [0.2, 0.25) is 0 Å². The Hall–Kier alpha value is -1.69. The van der Waals surface area contributed by atoms with Crippen LogP contribution in [-0.2, 0) is 0 Å². The third-order valence-electron chi connectivity index (χ3n) is 2.80. The lowest BCUT2D eigenvalue weighted by molar-refractivity contribution is 0.0948. The summed E-state index contributed by atoms with van der Waals surface area (Å²) in [5.41, 5.74) is 0.406. The average molecular weight is 279 g/mol. The second-order valence-electron chi connectivity index (χ2n) is 4.96. The number of likely N-dealkylation sites (N-methyl/N-ethyl adjacent to an activating group) is 1. The standard InChI is InChI=1S/C14H25N5O/c1-4-5-6-8-15-13(20)12-7-9-16-14(18-12)17-10-11-19(2)3/h7,9H,4-6,8,10-11H2,1-3H3,(H,15,20)(H,16,17,18). The lowest BCUT2D eigenvalue weighted by atomic mass is 10.2. The number of aromatic nitrogens is 2. The molecule has 0 aliphatic carbocycles. The van der Waals surface area contributed by atoms with Crippen molar-refractivity contribution >= 4 is 11.9 Å². The van der Waals surface area contributed by atoms with Crippen molar-refractivity contribution in [3.63, 3.8) is 0 Å². The minimum atomic E-state index is -0.140. The molecule has 0 spiro atoms. The van der Waals surface area contributed by atoms with E-state index in [4.69, 9.17) is 0 Å². The zero-order valence-electron chi connectivity index (χ0n) is 12.6. The summed E-state index contributed by atoms with van der Waals surface area (Å²) >= 11 is 0. The van der Waals surface area contributed by atoms with Gasteiger partial charge >= 0.3 is 0 Å². The summed E-state index contributed by atoms with van der Waals surface area (Å²) in [5.74, 6) is 0.354. The molecule has 1 rings (SSSR count). The minimum Gasteiger partial charge on any atom is -0.353 e. The van der Waals surface area contributed by atoms with Crippen LogP contribution in [0.5, 0.6) is 0 Å². The number of unbranched alkanes of at least 4 members (excludes halogenated alkanes) is 2. The molecular weight excluding hydrogens is 254 g/mol. The van der Waals surface area contributed by atoms with E-state index in [-0.39, 0.29) is 5.91 Å². The SMILES string of the molecule is CCCCCNC(=O)c1ccnc(NCCN(C)C)n1.